The van der Waals surface area contributed by atoms with Crippen LogP contribution in [-0.4, -0.2) is 36.7 Å². The molecule has 2 N–H and O–H groups in total. The maximum absolute atomic E-state index is 11.2. The van der Waals surface area contributed by atoms with Crippen LogP contribution in [-0.2, 0) is 14.3 Å². The molecule has 0 aromatic rings. The topological polar surface area (TPSA) is 75.6 Å². The van der Waals surface area contributed by atoms with E-state index in [0.717, 1.165) is 25.7 Å². The normalized spacial score (nSPS) is 10.2. The van der Waals surface area contributed by atoms with Gasteiger partial charge in [0, 0.05) is 19.6 Å². The number of carboxylic acid groups (broad SMARTS) is 1. The van der Waals surface area contributed by atoms with Crippen molar-refractivity contribution in [2.45, 2.75) is 45.4 Å². The van der Waals surface area contributed by atoms with E-state index in [1.807, 2.05) is 6.92 Å². The summed E-state index contributed by atoms with van der Waals surface area (Å²) in [5, 5.41) is 11.2. The summed E-state index contributed by atoms with van der Waals surface area (Å²) in [6.45, 7) is 3.38. The van der Waals surface area contributed by atoms with Crippen LogP contribution in [0.5, 0.6) is 0 Å². The fourth-order valence-corrected chi connectivity index (χ4v) is 1.34. The first kappa shape index (κ1) is 15.9. The second kappa shape index (κ2) is 11.4. The first-order chi connectivity index (χ1) is 8.16. The molecule has 5 nitrogen and oxygen atoms in total. The van der Waals surface area contributed by atoms with E-state index in [1.54, 1.807) is 0 Å². The second-order valence-electron chi connectivity index (χ2n) is 3.96. The molecule has 0 aliphatic carbocycles. The number of hydrogen-bond donors (Lipinski definition) is 2. The molecule has 5 heteroatoms. The van der Waals surface area contributed by atoms with Crippen molar-refractivity contribution in [3.05, 3.63) is 0 Å². The molecular weight excluding hydrogens is 222 g/mol. The van der Waals surface area contributed by atoms with Gasteiger partial charge in [-0.1, -0.05) is 19.8 Å². The van der Waals surface area contributed by atoms with Gasteiger partial charge in [-0.05, 0) is 19.3 Å². The molecule has 0 aliphatic rings. The van der Waals surface area contributed by atoms with E-state index < -0.39 is 5.97 Å². The van der Waals surface area contributed by atoms with Crippen LogP contribution in [0, 0.1) is 0 Å². The Kier molecular flexibility index (Phi) is 10.7. The summed E-state index contributed by atoms with van der Waals surface area (Å²) in [6, 6.07) is 0. The van der Waals surface area contributed by atoms with E-state index in [2.05, 4.69) is 5.32 Å². The summed E-state index contributed by atoms with van der Waals surface area (Å²) < 4.78 is 5.09. The van der Waals surface area contributed by atoms with Crippen molar-refractivity contribution < 1.29 is 19.4 Å². The highest BCUT2D eigenvalue weighted by molar-refractivity contribution is 5.77. The number of hydrogen-bond acceptors (Lipinski definition) is 3. The third-order valence-electron chi connectivity index (χ3n) is 2.22. The Hall–Kier alpha value is -1.10. The molecule has 0 aromatic heterocycles. The lowest BCUT2D eigenvalue weighted by molar-refractivity contribution is -0.137. The van der Waals surface area contributed by atoms with Crippen LogP contribution in [0.25, 0.3) is 0 Å². The Balaban J connectivity index is 3.16. The maximum atomic E-state index is 11.2. The van der Waals surface area contributed by atoms with Gasteiger partial charge in [0.1, 0.15) is 6.61 Å². The third kappa shape index (κ3) is 12.8. The molecule has 0 aromatic carbocycles. The number of rotatable bonds is 11. The number of nitrogens with one attached hydrogen (secondary N) is 1. The molecule has 0 heterocycles. The van der Waals surface area contributed by atoms with Crippen molar-refractivity contribution in [3.8, 4) is 0 Å². The van der Waals surface area contributed by atoms with Crippen molar-refractivity contribution >= 4 is 11.9 Å². The third-order valence-corrected chi connectivity index (χ3v) is 2.22. The van der Waals surface area contributed by atoms with Gasteiger partial charge in [0.15, 0.2) is 0 Å². The predicted octanol–water partition coefficient (Wildman–Crippen LogP) is 1.56. The molecule has 0 spiro atoms. The molecule has 100 valence electrons. The highest BCUT2D eigenvalue weighted by Gasteiger charge is 2.00. The van der Waals surface area contributed by atoms with Gasteiger partial charge in [0.25, 0.3) is 0 Å². The minimum absolute atomic E-state index is 0.0796. The Labute approximate surface area is 103 Å². The zero-order valence-corrected chi connectivity index (χ0v) is 10.5. The van der Waals surface area contributed by atoms with Crippen LogP contribution in [0.4, 0.5) is 0 Å². The van der Waals surface area contributed by atoms with Gasteiger partial charge in [-0.15, -0.1) is 0 Å². The molecule has 0 bridgehead atoms. The molecule has 17 heavy (non-hydrogen) atoms. The molecular formula is C12H23NO4. The Morgan fingerprint density at radius 3 is 2.53 bits per heavy atom. The number of carbonyl (C=O) groups is 2. The first-order valence-electron chi connectivity index (χ1n) is 6.23. The fraction of sp³-hybridized carbons (Fsp3) is 0.833. The van der Waals surface area contributed by atoms with Gasteiger partial charge >= 0.3 is 5.97 Å². The van der Waals surface area contributed by atoms with Gasteiger partial charge in [-0.25, -0.2) is 0 Å². The van der Waals surface area contributed by atoms with E-state index in [4.69, 9.17) is 9.84 Å². The SMILES string of the molecule is CCCOCC(=O)NCCCCCCC(=O)O. The van der Waals surface area contributed by atoms with Gasteiger partial charge in [0.05, 0.1) is 0 Å². The quantitative estimate of drug-likeness (QED) is 0.542. The van der Waals surface area contributed by atoms with E-state index >= 15 is 0 Å². The number of aliphatic carboxylic acids is 1. The monoisotopic (exact) mass is 245 g/mol. The number of carbonyl (C=O) groups excluding carboxylic acids is 1. The summed E-state index contributed by atoms with van der Waals surface area (Å²) in [5.74, 6) is -0.824. The first-order valence-corrected chi connectivity index (χ1v) is 6.23. The van der Waals surface area contributed by atoms with Crippen LogP contribution < -0.4 is 5.32 Å². The largest absolute Gasteiger partial charge is 0.481 e. The summed E-state index contributed by atoms with van der Waals surface area (Å²) in [7, 11) is 0. The number of amides is 1. The Morgan fingerprint density at radius 1 is 1.18 bits per heavy atom. The molecule has 0 unspecified atom stereocenters. The van der Waals surface area contributed by atoms with Crippen molar-refractivity contribution in [3.63, 3.8) is 0 Å². The molecule has 0 fully saturated rings. The smallest absolute Gasteiger partial charge is 0.303 e. The van der Waals surface area contributed by atoms with Crippen molar-refractivity contribution in [2.24, 2.45) is 0 Å². The van der Waals surface area contributed by atoms with Gasteiger partial charge in [-0.3, -0.25) is 9.59 Å². The standard InChI is InChI=1S/C12H23NO4/c1-2-9-17-10-11(14)13-8-6-4-3-5-7-12(15)16/h2-10H2,1H3,(H,13,14)(H,15,16). The molecule has 0 aliphatic heterocycles. The zero-order chi connectivity index (χ0) is 12.9. The molecule has 0 atom stereocenters. The lowest BCUT2D eigenvalue weighted by Gasteiger charge is -2.05. The minimum Gasteiger partial charge on any atom is -0.481 e. The lowest BCUT2D eigenvalue weighted by Crippen LogP contribution is -2.28. The average Bonchev–Trinajstić information content (AvgIpc) is 2.28. The second-order valence-corrected chi connectivity index (χ2v) is 3.96. The van der Waals surface area contributed by atoms with E-state index in [0.29, 0.717) is 19.6 Å². The average molecular weight is 245 g/mol. The summed E-state index contributed by atoms with van der Waals surface area (Å²) in [5.41, 5.74) is 0. The van der Waals surface area contributed by atoms with Gasteiger partial charge in [-0.2, -0.15) is 0 Å². The van der Waals surface area contributed by atoms with E-state index in [-0.39, 0.29) is 18.9 Å². The highest BCUT2D eigenvalue weighted by Crippen LogP contribution is 2.01. The number of ether oxygens (including phenoxy) is 1. The molecule has 1 amide bonds. The van der Waals surface area contributed by atoms with Crippen LogP contribution >= 0.6 is 0 Å². The summed E-state index contributed by atoms with van der Waals surface area (Å²) >= 11 is 0. The highest BCUT2D eigenvalue weighted by atomic mass is 16.5. The van der Waals surface area contributed by atoms with Crippen LogP contribution in [0.15, 0.2) is 0 Å². The Morgan fingerprint density at radius 2 is 1.88 bits per heavy atom. The fourth-order valence-electron chi connectivity index (χ4n) is 1.34. The van der Waals surface area contributed by atoms with E-state index in [9.17, 15) is 9.59 Å². The molecule has 0 rings (SSSR count). The van der Waals surface area contributed by atoms with E-state index in [1.165, 1.54) is 0 Å². The number of carboxylic acids is 1. The lowest BCUT2D eigenvalue weighted by atomic mass is 10.1. The van der Waals surface area contributed by atoms with Crippen molar-refractivity contribution in [1.82, 2.24) is 5.32 Å². The van der Waals surface area contributed by atoms with Crippen LogP contribution in [0.1, 0.15) is 45.4 Å². The number of unbranched alkanes of at least 4 members (excludes halogenated alkanes) is 3. The van der Waals surface area contributed by atoms with Crippen LogP contribution in [0.2, 0.25) is 0 Å². The molecule has 0 radical (unpaired) electrons. The Bertz CT molecular complexity index is 219. The summed E-state index contributed by atoms with van der Waals surface area (Å²) in [6.07, 6.45) is 4.59. The van der Waals surface area contributed by atoms with Crippen molar-refractivity contribution in [2.75, 3.05) is 19.8 Å². The predicted molar refractivity (Wildman–Crippen MR) is 64.8 cm³/mol. The van der Waals surface area contributed by atoms with Crippen molar-refractivity contribution in [1.29, 1.82) is 0 Å². The molecule has 0 saturated carbocycles. The van der Waals surface area contributed by atoms with Gasteiger partial charge < -0.3 is 15.2 Å². The summed E-state index contributed by atoms with van der Waals surface area (Å²) in [4.78, 5) is 21.4. The van der Waals surface area contributed by atoms with Crippen LogP contribution in [0.3, 0.4) is 0 Å². The molecule has 0 saturated heterocycles. The maximum Gasteiger partial charge on any atom is 0.303 e. The van der Waals surface area contributed by atoms with Gasteiger partial charge in [0.2, 0.25) is 5.91 Å². The zero-order valence-electron chi connectivity index (χ0n) is 10.5. The minimum atomic E-state index is -0.744.